The van der Waals surface area contributed by atoms with Crippen LogP contribution >= 0.6 is 0 Å². The van der Waals surface area contributed by atoms with Crippen molar-refractivity contribution >= 4 is 43.6 Å². The summed E-state index contributed by atoms with van der Waals surface area (Å²) in [7, 11) is 0. The van der Waals surface area contributed by atoms with Gasteiger partial charge in [-0.2, -0.15) is 10.2 Å². The van der Waals surface area contributed by atoms with Crippen LogP contribution in [0.2, 0.25) is 0 Å². The minimum Gasteiger partial charge on any atom is -0.457 e. The molecule has 0 spiro atoms. The first-order chi connectivity index (χ1) is 29.3. The predicted molar refractivity (Wildman–Crippen MR) is 240 cm³/mol. The summed E-state index contributed by atoms with van der Waals surface area (Å²) in [5.41, 5.74) is 10.8. The Labute approximate surface area is 348 Å². The van der Waals surface area contributed by atoms with E-state index in [2.05, 4.69) is 112 Å². The summed E-state index contributed by atoms with van der Waals surface area (Å²) in [5.74, 6) is 3.19. The van der Waals surface area contributed by atoms with Crippen LogP contribution < -0.4 is 9.47 Å². The Bertz CT molecular complexity index is 3160. The zero-order chi connectivity index (χ0) is 40.7. The lowest BCUT2D eigenvalue weighted by atomic mass is 10.1. The minimum atomic E-state index is 0.0609. The summed E-state index contributed by atoms with van der Waals surface area (Å²) in [6.45, 7) is 8.94. The summed E-state index contributed by atoms with van der Waals surface area (Å²) in [4.78, 5) is 3.46. The maximum absolute atomic E-state index is 6.34. The first kappa shape index (κ1) is 37.2. The van der Waals surface area contributed by atoms with Crippen LogP contribution in [0.15, 0.2) is 146 Å². The monoisotopic (exact) mass is 790 g/mol. The van der Waals surface area contributed by atoms with Gasteiger partial charge in [-0.05, 0) is 120 Å². The molecule has 1 aliphatic heterocycles. The number of hydrogen-bond donors (Lipinski definition) is 1. The van der Waals surface area contributed by atoms with Gasteiger partial charge < -0.3 is 23.8 Å². The lowest BCUT2D eigenvalue weighted by Gasteiger charge is -2.25. The zero-order valence-corrected chi connectivity index (χ0v) is 34.2. The first-order valence-electron chi connectivity index (χ1n) is 20.6. The van der Waals surface area contributed by atoms with Gasteiger partial charge in [0.2, 0.25) is 0 Å². The average Bonchev–Trinajstić information content (AvgIpc) is 4.01. The number of hydrogen-bond acceptors (Lipinski definition) is 5. The molecule has 0 aliphatic carbocycles. The topological polar surface area (TPSA) is 84.0 Å². The lowest BCUT2D eigenvalue weighted by Crippen LogP contribution is -2.17. The van der Waals surface area contributed by atoms with Gasteiger partial charge in [-0.25, -0.2) is 9.36 Å². The number of benzene rings is 6. The maximum atomic E-state index is 6.34. The molecule has 0 amide bonds. The van der Waals surface area contributed by atoms with Crippen molar-refractivity contribution in [2.75, 3.05) is 6.61 Å². The minimum absolute atomic E-state index is 0.0609. The third-order valence-electron chi connectivity index (χ3n) is 11.2. The van der Waals surface area contributed by atoms with Crippen molar-refractivity contribution in [1.29, 1.82) is 0 Å². The van der Waals surface area contributed by atoms with E-state index in [1.807, 2.05) is 89.9 Å². The van der Waals surface area contributed by atoms with Gasteiger partial charge in [-0.15, -0.1) is 0 Å². The summed E-state index contributed by atoms with van der Waals surface area (Å²) >= 11 is 0. The van der Waals surface area contributed by atoms with Crippen molar-refractivity contribution in [3.63, 3.8) is 0 Å². The van der Waals surface area contributed by atoms with Gasteiger partial charge in [0, 0.05) is 69.3 Å². The van der Waals surface area contributed by atoms with Crippen LogP contribution in [0.25, 0.3) is 55.0 Å². The third-order valence-corrected chi connectivity index (χ3v) is 11.2. The highest BCUT2D eigenvalue weighted by Crippen LogP contribution is 2.38. The fourth-order valence-corrected chi connectivity index (χ4v) is 8.59. The number of aryl methyl sites for hydroxylation is 4. The van der Waals surface area contributed by atoms with E-state index in [1.165, 1.54) is 33.5 Å². The van der Waals surface area contributed by atoms with Crippen molar-refractivity contribution in [3.8, 4) is 34.4 Å². The second-order valence-electron chi connectivity index (χ2n) is 15.6. The molecular formula is C51H46N6O3. The predicted octanol–water partition coefficient (Wildman–Crippen LogP) is 13.0. The van der Waals surface area contributed by atoms with Crippen LogP contribution in [0, 0.1) is 27.7 Å². The number of nitrogens with one attached hydrogen (secondary N) is 1. The van der Waals surface area contributed by atoms with Crippen LogP contribution in [0.3, 0.4) is 0 Å². The highest BCUT2D eigenvalue weighted by molar-refractivity contribution is 6.09. The zero-order valence-electron chi connectivity index (χ0n) is 34.2. The molecule has 9 nitrogen and oxygen atoms in total. The number of H-pyrrole nitrogens is 1. The second kappa shape index (κ2) is 15.6. The van der Waals surface area contributed by atoms with Crippen LogP contribution in [-0.4, -0.2) is 35.7 Å². The summed E-state index contributed by atoms with van der Waals surface area (Å²) < 4.78 is 24.9. The Hall–Kier alpha value is -7.10. The molecule has 298 valence electrons. The molecule has 1 atom stereocenters. The highest BCUT2D eigenvalue weighted by Gasteiger charge is 2.22. The molecule has 60 heavy (non-hydrogen) atoms. The third kappa shape index (κ3) is 7.18. The van der Waals surface area contributed by atoms with E-state index in [0.29, 0.717) is 0 Å². The molecule has 4 aromatic heterocycles. The number of aromatic nitrogens is 6. The Morgan fingerprint density at radius 1 is 0.517 bits per heavy atom. The van der Waals surface area contributed by atoms with E-state index >= 15 is 0 Å². The summed E-state index contributed by atoms with van der Waals surface area (Å²) in [5, 5.41) is 14.1. The molecule has 1 saturated heterocycles. The normalized spacial score (nSPS) is 14.2. The second-order valence-corrected chi connectivity index (χ2v) is 15.6. The van der Waals surface area contributed by atoms with Gasteiger partial charge in [0.25, 0.3) is 0 Å². The standard InChI is InChI=1S/C28H27N3O2.C23H19N3O/c1-19-16-20(2)31(29-19)21-8-7-9-22(17-21)33-23-13-14-25-24-10-3-4-11-26(24)30(27(25)18-23)28-12-5-6-15-32-28;1-15-12-16(2)26(25-15)17-6-5-7-18(13-17)27-19-10-11-21-20-8-3-4-9-22(20)24-23(21)14-19/h3-4,7-11,13-14,16-18,28H,5-6,12,15H2,1-2H3;3-14,24H,1-2H3. The van der Waals surface area contributed by atoms with Gasteiger partial charge in [0.05, 0.1) is 39.3 Å². The molecule has 1 aliphatic rings. The molecule has 1 unspecified atom stereocenters. The molecule has 0 saturated carbocycles. The van der Waals surface area contributed by atoms with Crippen molar-refractivity contribution in [3.05, 3.63) is 168 Å². The van der Waals surface area contributed by atoms with Gasteiger partial charge >= 0.3 is 0 Å². The molecule has 1 N–H and O–H groups in total. The van der Waals surface area contributed by atoms with E-state index in [9.17, 15) is 0 Å². The van der Waals surface area contributed by atoms with Gasteiger partial charge in [0.1, 0.15) is 29.2 Å². The van der Waals surface area contributed by atoms with Crippen molar-refractivity contribution in [2.45, 2.75) is 53.2 Å². The fourth-order valence-electron chi connectivity index (χ4n) is 8.59. The Balaban J connectivity index is 0.000000147. The Kier molecular flexibility index (Phi) is 9.66. The van der Waals surface area contributed by atoms with Crippen LogP contribution in [-0.2, 0) is 4.74 Å². The Morgan fingerprint density at radius 3 is 1.72 bits per heavy atom. The Morgan fingerprint density at radius 2 is 1.08 bits per heavy atom. The van der Waals surface area contributed by atoms with E-state index < -0.39 is 0 Å². The number of ether oxygens (including phenoxy) is 3. The number of para-hydroxylation sites is 2. The van der Waals surface area contributed by atoms with Crippen LogP contribution in [0.4, 0.5) is 0 Å². The molecule has 5 heterocycles. The molecular weight excluding hydrogens is 745 g/mol. The van der Waals surface area contributed by atoms with Gasteiger partial charge in [-0.3, -0.25) is 0 Å². The van der Waals surface area contributed by atoms with Gasteiger partial charge in [0.15, 0.2) is 0 Å². The molecule has 11 rings (SSSR count). The van der Waals surface area contributed by atoms with Crippen molar-refractivity contribution < 1.29 is 14.2 Å². The average molecular weight is 791 g/mol. The molecule has 9 heteroatoms. The summed E-state index contributed by atoms with van der Waals surface area (Å²) in [6.07, 6.45) is 3.41. The summed E-state index contributed by atoms with van der Waals surface area (Å²) in [6, 6.07) is 49.6. The van der Waals surface area contributed by atoms with E-state index in [-0.39, 0.29) is 6.23 Å². The van der Waals surface area contributed by atoms with E-state index in [1.54, 1.807) is 0 Å². The SMILES string of the molecule is Cc1cc(C)n(-c2cccc(Oc3ccc4c(c3)[nH]c3ccccc34)c2)n1.Cc1cc(C)n(-c2cccc(Oc3ccc4c5ccccc5n(C5CCCCO5)c4c3)c2)n1. The molecule has 0 radical (unpaired) electrons. The van der Waals surface area contributed by atoms with Crippen molar-refractivity contribution in [1.82, 2.24) is 29.1 Å². The molecule has 10 aromatic rings. The highest BCUT2D eigenvalue weighted by atomic mass is 16.5. The van der Waals surface area contributed by atoms with Crippen LogP contribution in [0.1, 0.15) is 48.3 Å². The molecule has 1 fully saturated rings. The van der Waals surface area contributed by atoms with E-state index in [4.69, 9.17) is 14.2 Å². The molecule has 6 aromatic carbocycles. The van der Waals surface area contributed by atoms with E-state index in [0.717, 1.165) is 93.1 Å². The lowest BCUT2D eigenvalue weighted by molar-refractivity contribution is -0.0267. The smallest absolute Gasteiger partial charge is 0.134 e. The van der Waals surface area contributed by atoms with Crippen molar-refractivity contribution in [2.24, 2.45) is 0 Å². The van der Waals surface area contributed by atoms with Crippen LogP contribution in [0.5, 0.6) is 23.0 Å². The quantitative estimate of drug-likeness (QED) is 0.174. The molecule has 0 bridgehead atoms. The number of nitrogens with zero attached hydrogens (tertiary/aromatic N) is 5. The largest absolute Gasteiger partial charge is 0.457 e. The number of fused-ring (bicyclic) bond motifs is 6. The first-order valence-corrected chi connectivity index (χ1v) is 20.6. The van der Waals surface area contributed by atoms with Gasteiger partial charge in [-0.1, -0.05) is 48.5 Å². The number of rotatable bonds is 7. The fraction of sp³-hybridized carbons (Fsp3) is 0.176. The maximum Gasteiger partial charge on any atom is 0.134 e. The number of aromatic amines is 1.